The van der Waals surface area contributed by atoms with Gasteiger partial charge in [-0.25, -0.2) is 0 Å². The van der Waals surface area contributed by atoms with E-state index in [1.807, 2.05) is 6.92 Å². The zero-order valence-corrected chi connectivity index (χ0v) is 20.8. The van der Waals surface area contributed by atoms with Crippen LogP contribution in [0.15, 0.2) is 42.5 Å². The fraction of sp³-hybridized carbons (Fsp3) is 0.462. The molecule has 34 heavy (non-hydrogen) atoms. The predicted octanol–water partition coefficient (Wildman–Crippen LogP) is 7.10. The van der Waals surface area contributed by atoms with Crippen molar-refractivity contribution in [2.45, 2.75) is 71.6 Å². The van der Waals surface area contributed by atoms with Gasteiger partial charge < -0.3 is 10.1 Å². The van der Waals surface area contributed by atoms with Crippen molar-refractivity contribution in [2.24, 2.45) is 5.92 Å². The highest BCUT2D eigenvalue weighted by atomic mass is 35.5. The molecule has 2 aromatic carbocycles. The summed E-state index contributed by atoms with van der Waals surface area (Å²) in [5.74, 6) is -4.54. The van der Waals surface area contributed by atoms with Crippen LogP contribution >= 0.6 is 11.6 Å². The molecule has 0 radical (unpaired) electrons. The maximum absolute atomic E-state index is 13.6. The van der Waals surface area contributed by atoms with E-state index >= 15 is 0 Å². The van der Waals surface area contributed by atoms with Crippen LogP contribution in [0, 0.1) is 5.92 Å². The third-order valence-electron chi connectivity index (χ3n) is 5.37. The van der Waals surface area contributed by atoms with Crippen molar-refractivity contribution in [3.63, 3.8) is 0 Å². The molecule has 0 aromatic heterocycles. The molecule has 8 heteroatoms. The lowest BCUT2D eigenvalue weighted by Gasteiger charge is -2.26. The normalized spacial score (nSPS) is 13.8. The monoisotopic (exact) mass is 497 g/mol. The lowest BCUT2D eigenvalue weighted by molar-refractivity contribution is -0.178. The summed E-state index contributed by atoms with van der Waals surface area (Å²) in [5, 5.41) is 2.76. The van der Waals surface area contributed by atoms with E-state index in [0.717, 1.165) is 18.9 Å². The van der Waals surface area contributed by atoms with E-state index in [0.29, 0.717) is 12.0 Å². The summed E-state index contributed by atoms with van der Waals surface area (Å²) in [4.78, 5) is 25.1. The first-order valence-corrected chi connectivity index (χ1v) is 11.6. The Morgan fingerprint density at radius 2 is 1.62 bits per heavy atom. The molecule has 0 heterocycles. The number of carbonyl (C=O) groups is 2. The van der Waals surface area contributed by atoms with Gasteiger partial charge in [0, 0.05) is 6.42 Å². The number of halogens is 4. The highest BCUT2D eigenvalue weighted by Crippen LogP contribution is 2.38. The zero-order valence-electron chi connectivity index (χ0n) is 20.1. The van der Waals surface area contributed by atoms with Crippen LogP contribution in [0.4, 0.5) is 18.9 Å². The van der Waals surface area contributed by atoms with Crippen molar-refractivity contribution in [2.75, 3.05) is 5.32 Å². The van der Waals surface area contributed by atoms with Gasteiger partial charge in [0.1, 0.15) is 5.60 Å². The summed E-state index contributed by atoms with van der Waals surface area (Å²) in [5.41, 5.74) is 1.52. The molecule has 1 amide bonds. The Balaban J connectivity index is 2.25. The number of esters is 1. The van der Waals surface area contributed by atoms with E-state index in [4.69, 9.17) is 16.3 Å². The number of benzene rings is 2. The third kappa shape index (κ3) is 8.05. The highest BCUT2D eigenvalue weighted by molar-refractivity contribution is 6.33. The third-order valence-corrected chi connectivity index (χ3v) is 5.70. The Labute approximate surface area is 203 Å². The summed E-state index contributed by atoms with van der Waals surface area (Å²) in [7, 11) is 0. The summed E-state index contributed by atoms with van der Waals surface area (Å²) >= 11 is 6.22. The molecule has 0 saturated carbocycles. The summed E-state index contributed by atoms with van der Waals surface area (Å²) in [6.07, 6.45) is -3.39. The fourth-order valence-corrected chi connectivity index (χ4v) is 3.65. The molecule has 2 atom stereocenters. The average molecular weight is 498 g/mol. The Hall–Kier alpha value is -2.54. The molecule has 2 aromatic rings. The second-order valence-corrected chi connectivity index (χ2v) is 9.70. The van der Waals surface area contributed by atoms with Crippen LogP contribution < -0.4 is 5.32 Å². The first kappa shape index (κ1) is 27.7. The number of rotatable bonds is 8. The molecule has 1 N–H and O–H groups in total. The Morgan fingerprint density at radius 1 is 1.03 bits per heavy atom. The van der Waals surface area contributed by atoms with E-state index in [-0.39, 0.29) is 28.7 Å². The van der Waals surface area contributed by atoms with Crippen molar-refractivity contribution in [3.05, 3.63) is 64.2 Å². The number of carbonyl (C=O) groups excluding carboxylic acids is 2. The van der Waals surface area contributed by atoms with Crippen LogP contribution in [0.3, 0.4) is 0 Å². The molecule has 186 valence electrons. The van der Waals surface area contributed by atoms with E-state index in [1.54, 1.807) is 63.2 Å². The molecular weight excluding hydrogens is 467 g/mol. The smallest absolute Gasteiger partial charge is 0.392 e. The quantitative estimate of drug-likeness (QED) is 0.396. The number of anilines is 1. The van der Waals surface area contributed by atoms with Gasteiger partial charge in [-0.15, -0.1) is 0 Å². The number of amides is 1. The number of aryl methyl sites for hydroxylation is 2. The topological polar surface area (TPSA) is 55.4 Å². The molecule has 0 aliphatic heterocycles. The van der Waals surface area contributed by atoms with Crippen LogP contribution in [0.2, 0.25) is 5.02 Å². The lowest BCUT2D eigenvalue weighted by Crippen LogP contribution is -2.34. The van der Waals surface area contributed by atoms with Crippen LogP contribution in [-0.2, 0) is 27.2 Å². The Kier molecular flexibility index (Phi) is 9.17. The van der Waals surface area contributed by atoms with Crippen LogP contribution in [-0.4, -0.2) is 23.7 Å². The van der Waals surface area contributed by atoms with E-state index < -0.39 is 29.5 Å². The first-order chi connectivity index (χ1) is 15.7. The van der Waals surface area contributed by atoms with Crippen molar-refractivity contribution in [1.82, 2.24) is 0 Å². The molecule has 0 aliphatic rings. The number of hydrogen-bond donors (Lipinski definition) is 1. The summed E-state index contributed by atoms with van der Waals surface area (Å²) in [6.45, 7) is 8.26. The van der Waals surface area contributed by atoms with Gasteiger partial charge in [0.2, 0.25) is 5.91 Å². The van der Waals surface area contributed by atoms with Gasteiger partial charge >= 0.3 is 12.1 Å². The minimum Gasteiger partial charge on any atom is -0.460 e. The van der Waals surface area contributed by atoms with Gasteiger partial charge in [-0.05, 0) is 62.4 Å². The Morgan fingerprint density at radius 3 is 2.15 bits per heavy atom. The second kappa shape index (κ2) is 11.3. The minimum atomic E-state index is -4.56. The number of alkyl halides is 3. The van der Waals surface area contributed by atoms with Crippen LogP contribution in [0.25, 0.3) is 0 Å². The van der Waals surface area contributed by atoms with E-state index in [2.05, 4.69) is 5.32 Å². The van der Waals surface area contributed by atoms with Gasteiger partial charge in [-0.3, -0.25) is 9.59 Å². The van der Waals surface area contributed by atoms with Gasteiger partial charge in [-0.1, -0.05) is 55.8 Å². The molecule has 0 bridgehead atoms. The number of hydrogen-bond acceptors (Lipinski definition) is 3. The molecular formula is C26H31ClF3NO3. The largest absolute Gasteiger partial charge is 0.460 e. The Bertz CT molecular complexity index is 998. The van der Waals surface area contributed by atoms with Crippen molar-refractivity contribution in [3.8, 4) is 0 Å². The second-order valence-electron chi connectivity index (χ2n) is 9.29. The summed E-state index contributed by atoms with van der Waals surface area (Å²) < 4.78 is 46.1. The van der Waals surface area contributed by atoms with E-state index in [1.165, 1.54) is 0 Å². The maximum atomic E-state index is 13.6. The van der Waals surface area contributed by atoms with Crippen molar-refractivity contribution >= 4 is 29.2 Å². The van der Waals surface area contributed by atoms with Crippen molar-refractivity contribution in [1.29, 1.82) is 0 Å². The number of ether oxygens (including phenoxy) is 1. The van der Waals surface area contributed by atoms with Crippen LogP contribution in [0.5, 0.6) is 0 Å². The molecule has 2 rings (SSSR count). The van der Waals surface area contributed by atoms with Crippen molar-refractivity contribution < 1.29 is 27.5 Å². The van der Waals surface area contributed by atoms with Gasteiger partial charge in [0.05, 0.1) is 22.5 Å². The first-order valence-electron chi connectivity index (χ1n) is 11.2. The standard InChI is InChI=1S/C26H31ClF3NO3/c1-6-17-7-11-19(12-8-17)23(16(2)26(28,29)30)24(33)31-21-15-18(9-13-20(21)27)10-14-22(32)34-25(3,4)5/h7-9,11-13,15-16,23H,6,10,14H2,1-5H3,(H,31,33)/t16-,23+/m1/s1. The molecule has 0 aliphatic carbocycles. The summed E-state index contributed by atoms with van der Waals surface area (Å²) in [6, 6.07) is 11.4. The van der Waals surface area contributed by atoms with Gasteiger partial charge in [-0.2, -0.15) is 13.2 Å². The van der Waals surface area contributed by atoms with Crippen LogP contribution in [0.1, 0.15) is 63.6 Å². The lowest BCUT2D eigenvalue weighted by atomic mass is 9.85. The molecule has 0 spiro atoms. The highest BCUT2D eigenvalue weighted by Gasteiger charge is 2.45. The van der Waals surface area contributed by atoms with Gasteiger partial charge in [0.25, 0.3) is 0 Å². The maximum Gasteiger partial charge on any atom is 0.392 e. The van der Waals surface area contributed by atoms with E-state index in [9.17, 15) is 22.8 Å². The van der Waals surface area contributed by atoms with Gasteiger partial charge in [0.15, 0.2) is 0 Å². The zero-order chi connectivity index (χ0) is 25.7. The minimum absolute atomic E-state index is 0.115. The average Bonchev–Trinajstić information content (AvgIpc) is 2.73. The SMILES string of the molecule is CCc1ccc([C@@H](C(=O)Nc2cc(CCC(=O)OC(C)(C)C)ccc2Cl)[C@@H](C)C(F)(F)F)cc1. The predicted molar refractivity (Wildman–Crippen MR) is 128 cm³/mol. The molecule has 0 saturated heterocycles. The number of nitrogens with one attached hydrogen (secondary N) is 1. The fourth-order valence-electron chi connectivity index (χ4n) is 3.49. The molecule has 0 fully saturated rings. The molecule has 0 unspecified atom stereocenters. The molecule has 4 nitrogen and oxygen atoms in total.